The highest BCUT2D eigenvalue weighted by molar-refractivity contribution is 9.10. The van der Waals surface area contributed by atoms with E-state index in [0.29, 0.717) is 6.54 Å². The number of nitrogens with zero attached hydrogens (tertiary/aromatic N) is 1. The first-order valence-electron chi connectivity index (χ1n) is 5.84. The topological polar surface area (TPSA) is 20.3 Å². The maximum Gasteiger partial charge on any atom is 0.176 e. The van der Waals surface area contributed by atoms with Crippen LogP contribution in [0.5, 0.6) is 0 Å². The molecule has 0 atom stereocenters. The lowest BCUT2D eigenvalue weighted by atomic mass is 10.1. The van der Waals surface area contributed by atoms with Crippen molar-refractivity contribution in [2.24, 2.45) is 0 Å². The van der Waals surface area contributed by atoms with Gasteiger partial charge in [-0.1, -0.05) is 28.1 Å². The highest BCUT2D eigenvalue weighted by Gasteiger charge is 2.14. The number of carbonyl (C=O) groups is 1. The van der Waals surface area contributed by atoms with Crippen LogP contribution in [-0.2, 0) is 0 Å². The van der Waals surface area contributed by atoms with Crippen molar-refractivity contribution in [3.8, 4) is 0 Å². The first-order chi connectivity index (χ1) is 8.25. The third-order valence-corrected chi connectivity index (χ3v) is 4.43. The van der Waals surface area contributed by atoms with Gasteiger partial charge in [0.1, 0.15) is 0 Å². The van der Waals surface area contributed by atoms with Crippen molar-refractivity contribution in [2.75, 3.05) is 31.1 Å². The third-order valence-electron chi connectivity index (χ3n) is 2.85. The third kappa shape index (κ3) is 4.12. The van der Waals surface area contributed by atoms with E-state index in [1.54, 1.807) is 0 Å². The molecular formula is C13H16BrNOS. The van der Waals surface area contributed by atoms with Gasteiger partial charge in [0.2, 0.25) is 0 Å². The second kappa shape index (κ2) is 6.57. The van der Waals surface area contributed by atoms with E-state index in [2.05, 4.69) is 20.8 Å². The van der Waals surface area contributed by atoms with Crippen molar-refractivity contribution in [3.05, 3.63) is 34.3 Å². The van der Waals surface area contributed by atoms with Crippen LogP contribution >= 0.6 is 27.7 Å². The van der Waals surface area contributed by atoms with Crippen LogP contribution in [0, 0.1) is 0 Å². The van der Waals surface area contributed by atoms with Crippen molar-refractivity contribution in [2.45, 2.75) is 6.42 Å². The molecule has 4 heteroatoms. The smallest absolute Gasteiger partial charge is 0.176 e. The van der Waals surface area contributed by atoms with Gasteiger partial charge in [0, 0.05) is 22.3 Å². The van der Waals surface area contributed by atoms with E-state index >= 15 is 0 Å². The van der Waals surface area contributed by atoms with E-state index < -0.39 is 0 Å². The van der Waals surface area contributed by atoms with Crippen molar-refractivity contribution in [1.82, 2.24) is 4.90 Å². The van der Waals surface area contributed by atoms with E-state index in [0.717, 1.165) is 28.9 Å². The van der Waals surface area contributed by atoms with Crippen LogP contribution in [-0.4, -0.2) is 41.8 Å². The largest absolute Gasteiger partial charge is 0.295 e. The second-order valence-electron chi connectivity index (χ2n) is 4.17. The molecule has 92 valence electrons. The van der Waals surface area contributed by atoms with Crippen LogP contribution in [0.15, 0.2) is 28.7 Å². The average molecular weight is 314 g/mol. The number of carbonyl (C=O) groups excluding carboxylic acids is 1. The first-order valence-corrected chi connectivity index (χ1v) is 7.79. The summed E-state index contributed by atoms with van der Waals surface area (Å²) in [5, 5.41) is 0. The Morgan fingerprint density at radius 1 is 1.24 bits per heavy atom. The summed E-state index contributed by atoms with van der Waals surface area (Å²) < 4.78 is 1.01. The minimum atomic E-state index is 0.226. The zero-order valence-corrected chi connectivity index (χ0v) is 12.1. The van der Waals surface area contributed by atoms with Crippen molar-refractivity contribution < 1.29 is 4.79 Å². The van der Waals surface area contributed by atoms with Gasteiger partial charge in [0.15, 0.2) is 5.78 Å². The number of benzene rings is 1. The molecule has 2 rings (SSSR count). The molecule has 1 fully saturated rings. The Morgan fingerprint density at radius 2 is 2.00 bits per heavy atom. The summed E-state index contributed by atoms with van der Waals surface area (Å²) in [5.41, 5.74) is 0.810. The standard InChI is InChI=1S/C13H16BrNOS/c14-12-4-2-11(3-5-12)13(16)10-15-6-1-8-17-9-7-15/h2-5H,1,6-10H2. The van der Waals surface area contributed by atoms with Gasteiger partial charge < -0.3 is 0 Å². The van der Waals surface area contributed by atoms with Crippen LogP contribution in [0.25, 0.3) is 0 Å². The number of rotatable bonds is 3. The van der Waals surface area contributed by atoms with Crippen LogP contribution in [0.4, 0.5) is 0 Å². The molecule has 1 heterocycles. The fourth-order valence-corrected chi connectivity index (χ4v) is 3.07. The van der Waals surface area contributed by atoms with E-state index in [9.17, 15) is 4.79 Å². The Kier molecular flexibility index (Phi) is 5.07. The summed E-state index contributed by atoms with van der Waals surface area (Å²) in [5.74, 6) is 2.60. The molecule has 0 unspecified atom stereocenters. The molecule has 0 radical (unpaired) electrons. The van der Waals surface area contributed by atoms with Crippen LogP contribution < -0.4 is 0 Å². The van der Waals surface area contributed by atoms with Gasteiger partial charge in [-0.15, -0.1) is 0 Å². The average Bonchev–Trinajstić information content (AvgIpc) is 2.58. The van der Waals surface area contributed by atoms with Gasteiger partial charge >= 0.3 is 0 Å². The molecule has 1 aromatic carbocycles. The van der Waals surface area contributed by atoms with Crippen LogP contribution in [0.3, 0.4) is 0 Å². The number of hydrogen-bond donors (Lipinski definition) is 0. The summed E-state index contributed by atoms with van der Waals surface area (Å²) in [6.07, 6.45) is 1.19. The summed E-state index contributed by atoms with van der Waals surface area (Å²) in [4.78, 5) is 14.3. The van der Waals surface area contributed by atoms with Crippen molar-refractivity contribution >= 4 is 33.5 Å². The fourth-order valence-electron chi connectivity index (χ4n) is 1.89. The first kappa shape index (κ1) is 13.1. The van der Waals surface area contributed by atoms with Crippen molar-refractivity contribution in [3.63, 3.8) is 0 Å². The van der Waals surface area contributed by atoms with E-state index in [-0.39, 0.29) is 5.78 Å². The highest BCUT2D eigenvalue weighted by atomic mass is 79.9. The fraction of sp³-hybridized carbons (Fsp3) is 0.462. The minimum Gasteiger partial charge on any atom is -0.295 e. The molecular weight excluding hydrogens is 298 g/mol. The molecule has 0 amide bonds. The lowest BCUT2D eigenvalue weighted by Gasteiger charge is -2.18. The van der Waals surface area contributed by atoms with Crippen molar-refractivity contribution in [1.29, 1.82) is 0 Å². The van der Waals surface area contributed by atoms with E-state index in [1.807, 2.05) is 36.0 Å². The molecule has 0 aromatic heterocycles. The number of thioether (sulfide) groups is 1. The van der Waals surface area contributed by atoms with Gasteiger partial charge in [-0.3, -0.25) is 9.69 Å². The summed E-state index contributed by atoms with van der Waals surface area (Å²) in [6, 6.07) is 7.62. The molecule has 0 aliphatic carbocycles. The lowest BCUT2D eigenvalue weighted by molar-refractivity contribution is 0.0936. The van der Waals surface area contributed by atoms with Crippen LogP contribution in [0.1, 0.15) is 16.8 Å². The van der Waals surface area contributed by atoms with Gasteiger partial charge in [-0.05, 0) is 30.9 Å². The summed E-state index contributed by atoms with van der Waals surface area (Å²) in [7, 11) is 0. The maximum absolute atomic E-state index is 12.1. The maximum atomic E-state index is 12.1. The Balaban J connectivity index is 1.93. The number of hydrogen-bond acceptors (Lipinski definition) is 3. The van der Waals surface area contributed by atoms with E-state index in [1.165, 1.54) is 12.2 Å². The van der Waals surface area contributed by atoms with Gasteiger partial charge in [-0.2, -0.15) is 11.8 Å². The number of halogens is 1. The Labute approximate surface area is 115 Å². The normalized spacial score (nSPS) is 17.7. The van der Waals surface area contributed by atoms with Gasteiger partial charge in [-0.25, -0.2) is 0 Å². The molecule has 1 saturated heterocycles. The Morgan fingerprint density at radius 3 is 2.76 bits per heavy atom. The molecule has 17 heavy (non-hydrogen) atoms. The van der Waals surface area contributed by atoms with Gasteiger partial charge in [0.25, 0.3) is 0 Å². The predicted octanol–water partition coefficient (Wildman–Crippen LogP) is 3.07. The molecule has 1 aliphatic rings. The van der Waals surface area contributed by atoms with Gasteiger partial charge in [0.05, 0.1) is 6.54 Å². The minimum absolute atomic E-state index is 0.226. The monoisotopic (exact) mass is 313 g/mol. The summed E-state index contributed by atoms with van der Waals surface area (Å²) in [6.45, 7) is 2.64. The second-order valence-corrected chi connectivity index (χ2v) is 6.31. The Hall–Kier alpha value is -0.320. The summed E-state index contributed by atoms with van der Waals surface area (Å²) >= 11 is 5.36. The predicted molar refractivity (Wildman–Crippen MR) is 76.9 cm³/mol. The molecule has 2 nitrogen and oxygen atoms in total. The van der Waals surface area contributed by atoms with E-state index in [4.69, 9.17) is 0 Å². The Bertz CT molecular complexity index is 372. The molecule has 1 aliphatic heterocycles. The molecule has 0 spiro atoms. The lowest BCUT2D eigenvalue weighted by Crippen LogP contribution is -2.31. The molecule has 0 saturated carbocycles. The quantitative estimate of drug-likeness (QED) is 0.800. The molecule has 1 aromatic rings. The highest BCUT2D eigenvalue weighted by Crippen LogP contribution is 2.13. The number of Topliss-reactive ketones (excluding diaryl/α,β-unsaturated/α-hetero) is 1. The number of ketones is 1. The molecule has 0 N–H and O–H groups in total. The SMILES string of the molecule is O=C(CN1CCCSCC1)c1ccc(Br)cc1. The zero-order valence-electron chi connectivity index (χ0n) is 9.69. The van der Waals surface area contributed by atoms with Crippen LogP contribution in [0.2, 0.25) is 0 Å². The zero-order chi connectivity index (χ0) is 12.1. The molecule has 0 bridgehead atoms.